The summed E-state index contributed by atoms with van der Waals surface area (Å²) in [5.41, 5.74) is 0.964. The summed E-state index contributed by atoms with van der Waals surface area (Å²) in [6.07, 6.45) is 0. The van der Waals surface area contributed by atoms with Crippen LogP contribution in [0.2, 0.25) is 0 Å². The summed E-state index contributed by atoms with van der Waals surface area (Å²) in [5.74, 6) is -1.23. The molecule has 4 heteroatoms. The molecule has 1 aromatic rings. The summed E-state index contributed by atoms with van der Waals surface area (Å²) in [6, 6.07) is 8.91. The molecule has 0 N–H and O–H groups in total. The summed E-state index contributed by atoms with van der Waals surface area (Å²) in [4.78, 5) is 22.3. The van der Waals surface area contributed by atoms with Crippen LogP contribution in [0, 0.1) is 0 Å². The Morgan fingerprint density at radius 1 is 1.00 bits per heavy atom. The van der Waals surface area contributed by atoms with E-state index in [9.17, 15) is 9.59 Å². The first-order valence-corrected chi connectivity index (χ1v) is 4.71. The first-order chi connectivity index (χ1) is 6.70. The van der Waals surface area contributed by atoms with E-state index < -0.39 is 11.9 Å². The molecule has 0 fully saturated rings. The first-order valence-electron chi connectivity index (χ1n) is 3.92. The fourth-order valence-electron chi connectivity index (χ4n) is 1.22. The molecular weight excluding hydrogens is 248 g/mol. The molecule has 0 bridgehead atoms. The molecule has 2 rings (SSSR count). The third kappa shape index (κ3) is 1.37. The quantitative estimate of drug-likeness (QED) is 0.566. The average molecular weight is 253 g/mol. The lowest BCUT2D eigenvalue weighted by atomic mass is 10.1. The molecule has 1 aliphatic heterocycles. The Bertz CT molecular complexity index is 434. The Morgan fingerprint density at radius 3 is 2.14 bits per heavy atom. The van der Waals surface area contributed by atoms with Crippen molar-refractivity contribution < 1.29 is 14.3 Å². The van der Waals surface area contributed by atoms with Gasteiger partial charge in [-0.25, -0.2) is 9.59 Å². The van der Waals surface area contributed by atoms with Gasteiger partial charge in [0.25, 0.3) is 0 Å². The molecule has 70 valence electrons. The highest BCUT2D eigenvalue weighted by Crippen LogP contribution is 2.30. The van der Waals surface area contributed by atoms with Crippen molar-refractivity contribution in [2.75, 3.05) is 0 Å². The van der Waals surface area contributed by atoms with Crippen molar-refractivity contribution in [3.8, 4) is 0 Å². The number of rotatable bonds is 1. The van der Waals surface area contributed by atoms with Crippen LogP contribution in [0.15, 0.2) is 34.8 Å². The number of ether oxygens (including phenoxy) is 1. The van der Waals surface area contributed by atoms with Crippen molar-refractivity contribution in [2.24, 2.45) is 0 Å². The zero-order valence-corrected chi connectivity index (χ0v) is 8.58. The van der Waals surface area contributed by atoms with Gasteiger partial charge in [0.2, 0.25) is 0 Å². The van der Waals surface area contributed by atoms with Crippen molar-refractivity contribution in [2.45, 2.75) is 0 Å². The SMILES string of the molecule is O=C1OC(=O)C(c2ccccc2)=C1Br. The van der Waals surface area contributed by atoms with Crippen LogP contribution in [-0.4, -0.2) is 11.9 Å². The molecule has 0 amide bonds. The van der Waals surface area contributed by atoms with Gasteiger partial charge < -0.3 is 4.74 Å². The van der Waals surface area contributed by atoms with Crippen LogP contribution in [-0.2, 0) is 14.3 Å². The topological polar surface area (TPSA) is 43.4 Å². The maximum Gasteiger partial charge on any atom is 0.354 e. The molecule has 0 saturated heterocycles. The largest absolute Gasteiger partial charge is 0.385 e. The molecule has 1 aromatic carbocycles. The lowest BCUT2D eigenvalue weighted by molar-refractivity contribution is -0.149. The lowest BCUT2D eigenvalue weighted by Crippen LogP contribution is -2.01. The first kappa shape index (κ1) is 9.15. The van der Waals surface area contributed by atoms with Gasteiger partial charge in [0.15, 0.2) is 0 Å². The highest BCUT2D eigenvalue weighted by atomic mass is 79.9. The lowest BCUT2D eigenvalue weighted by Gasteiger charge is -1.97. The van der Waals surface area contributed by atoms with Gasteiger partial charge in [0.1, 0.15) is 4.48 Å². The Hall–Kier alpha value is -1.42. The predicted octanol–water partition coefficient (Wildman–Crippen LogP) is 1.88. The van der Waals surface area contributed by atoms with Crippen molar-refractivity contribution in [3.63, 3.8) is 0 Å². The van der Waals surface area contributed by atoms with E-state index >= 15 is 0 Å². The summed E-state index contributed by atoms with van der Waals surface area (Å²) < 4.78 is 4.63. The minimum Gasteiger partial charge on any atom is -0.385 e. The summed E-state index contributed by atoms with van der Waals surface area (Å²) in [6.45, 7) is 0. The zero-order chi connectivity index (χ0) is 10.1. The Labute approximate surface area is 88.5 Å². The van der Waals surface area contributed by atoms with Gasteiger partial charge in [-0.15, -0.1) is 0 Å². The number of cyclic esters (lactones) is 2. The van der Waals surface area contributed by atoms with E-state index in [4.69, 9.17) is 0 Å². The van der Waals surface area contributed by atoms with Crippen LogP contribution in [0.5, 0.6) is 0 Å². The number of hydrogen-bond acceptors (Lipinski definition) is 3. The van der Waals surface area contributed by atoms with E-state index in [1.165, 1.54) is 0 Å². The van der Waals surface area contributed by atoms with Crippen molar-refractivity contribution >= 4 is 33.4 Å². The summed E-state index contributed by atoms with van der Waals surface area (Å²) in [5, 5.41) is 0. The average Bonchev–Trinajstić information content (AvgIpc) is 2.43. The Kier molecular flexibility index (Phi) is 2.21. The van der Waals surface area contributed by atoms with Crippen LogP contribution >= 0.6 is 15.9 Å². The Balaban J connectivity index is 2.54. The number of hydrogen-bond donors (Lipinski definition) is 0. The second-order valence-corrected chi connectivity index (χ2v) is 3.52. The summed E-state index contributed by atoms with van der Waals surface area (Å²) in [7, 11) is 0. The van der Waals surface area contributed by atoms with Crippen LogP contribution < -0.4 is 0 Å². The fraction of sp³-hybridized carbons (Fsp3) is 0. The van der Waals surface area contributed by atoms with Gasteiger partial charge >= 0.3 is 11.9 Å². The van der Waals surface area contributed by atoms with Crippen molar-refractivity contribution in [3.05, 3.63) is 40.4 Å². The minimum absolute atomic E-state index is 0.189. The molecular formula is C10H5BrO3. The van der Waals surface area contributed by atoms with Crippen LogP contribution in [0.3, 0.4) is 0 Å². The molecule has 3 nitrogen and oxygen atoms in total. The third-order valence-corrected chi connectivity index (χ3v) is 2.57. The van der Waals surface area contributed by atoms with Crippen LogP contribution in [0.4, 0.5) is 0 Å². The van der Waals surface area contributed by atoms with Crippen molar-refractivity contribution in [1.29, 1.82) is 0 Å². The van der Waals surface area contributed by atoms with Gasteiger partial charge in [0, 0.05) is 0 Å². The molecule has 1 heterocycles. The van der Waals surface area contributed by atoms with E-state index in [1.807, 2.05) is 6.07 Å². The van der Waals surface area contributed by atoms with E-state index in [-0.39, 0.29) is 10.1 Å². The monoisotopic (exact) mass is 252 g/mol. The maximum absolute atomic E-state index is 11.3. The molecule has 14 heavy (non-hydrogen) atoms. The fourth-order valence-corrected chi connectivity index (χ4v) is 1.69. The molecule has 0 saturated carbocycles. The van der Waals surface area contributed by atoms with Gasteiger partial charge in [-0.1, -0.05) is 30.3 Å². The van der Waals surface area contributed by atoms with Gasteiger partial charge in [-0.2, -0.15) is 0 Å². The Morgan fingerprint density at radius 2 is 1.64 bits per heavy atom. The number of carbonyl (C=O) groups is 2. The molecule has 1 aliphatic rings. The van der Waals surface area contributed by atoms with E-state index in [1.54, 1.807) is 24.3 Å². The standard InChI is InChI=1S/C10H5BrO3/c11-8-7(9(12)14-10(8)13)6-4-2-1-3-5-6/h1-5H. The van der Waals surface area contributed by atoms with E-state index in [0.29, 0.717) is 5.56 Å². The van der Waals surface area contributed by atoms with E-state index in [2.05, 4.69) is 20.7 Å². The number of esters is 2. The predicted molar refractivity (Wildman–Crippen MR) is 53.4 cm³/mol. The molecule has 0 aromatic heterocycles. The molecule has 0 atom stereocenters. The van der Waals surface area contributed by atoms with Crippen molar-refractivity contribution in [1.82, 2.24) is 0 Å². The highest BCUT2D eigenvalue weighted by Gasteiger charge is 2.32. The molecule has 0 spiro atoms. The number of carbonyl (C=O) groups excluding carboxylic acids is 2. The molecule has 0 aliphatic carbocycles. The molecule has 0 unspecified atom stereocenters. The van der Waals surface area contributed by atoms with E-state index in [0.717, 1.165) is 0 Å². The number of halogens is 1. The summed E-state index contributed by atoms with van der Waals surface area (Å²) >= 11 is 3.03. The highest BCUT2D eigenvalue weighted by molar-refractivity contribution is 9.12. The second-order valence-electron chi connectivity index (χ2n) is 2.73. The second kappa shape index (κ2) is 3.38. The zero-order valence-electron chi connectivity index (χ0n) is 6.99. The van der Waals surface area contributed by atoms with Gasteiger partial charge in [-0.3, -0.25) is 0 Å². The smallest absolute Gasteiger partial charge is 0.354 e. The third-order valence-electron chi connectivity index (χ3n) is 1.85. The number of benzene rings is 1. The van der Waals surface area contributed by atoms with Crippen LogP contribution in [0.25, 0.3) is 5.57 Å². The minimum atomic E-state index is -0.631. The molecule has 0 radical (unpaired) electrons. The van der Waals surface area contributed by atoms with Crippen LogP contribution in [0.1, 0.15) is 5.56 Å². The van der Waals surface area contributed by atoms with Gasteiger partial charge in [0.05, 0.1) is 5.57 Å². The van der Waals surface area contributed by atoms with Gasteiger partial charge in [-0.05, 0) is 21.5 Å². The normalized spacial score (nSPS) is 16.1. The maximum atomic E-state index is 11.3.